The van der Waals surface area contributed by atoms with Crippen LogP contribution in [0.1, 0.15) is 17.3 Å². The van der Waals surface area contributed by atoms with E-state index in [2.05, 4.69) is 4.72 Å². The molecule has 7 heteroatoms. The normalized spacial score (nSPS) is 11.1. The first-order valence-electron chi connectivity index (χ1n) is 5.98. The fourth-order valence-electron chi connectivity index (χ4n) is 1.66. The molecule has 21 heavy (non-hydrogen) atoms. The quantitative estimate of drug-likeness (QED) is 0.670. The van der Waals surface area contributed by atoms with Crippen molar-refractivity contribution in [2.75, 3.05) is 10.5 Å². The smallest absolute Gasteiger partial charge is 0.261 e. The zero-order chi connectivity index (χ0) is 15.6. The summed E-state index contributed by atoms with van der Waals surface area (Å²) < 4.78 is 39.8. The Morgan fingerprint density at radius 3 is 2.29 bits per heavy atom. The summed E-state index contributed by atoms with van der Waals surface area (Å²) >= 11 is 0. The number of halogens is 1. The molecule has 0 unspecified atom stereocenters. The molecule has 0 aliphatic heterocycles. The zero-order valence-electron chi connectivity index (χ0n) is 11.1. The van der Waals surface area contributed by atoms with Crippen molar-refractivity contribution in [2.24, 2.45) is 0 Å². The summed E-state index contributed by atoms with van der Waals surface area (Å²) in [4.78, 5) is 10.9. The van der Waals surface area contributed by atoms with E-state index in [1.807, 2.05) is 0 Å². The van der Waals surface area contributed by atoms with Gasteiger partial charge < -0.3 is 5.73 Å². The molecule has 0 aliphatic rings. The van der Waals surface area contributed by atoms with Crippen molar-refractivity contribution in [3.05, 3.63) is 53.8 Å². The lowest BCUT2D eigenvalue weighted by atomic mass is 10.1. The van der Waals surface area contributed by atoms with Gasteiger partial charge in [0, 0.05) is 11.3 Å². The van der Waals surface area contributed by atoms with Crippen LogP contribution in [-0.2, 0) is 10.0 Å². The van der Waals surface area contributed by atoms with Crippen LogP contribution >= 0.6 is 0 Å². The van der Waals surface area contributed by atoms with E-state index in [9.17, 15) is 17.6 Å². The van der Waals surface area contributed by atoms with Crippen LogP contribution in [0.25, 0.3) is 0 Å². The summed E-state index contributed by atoms with van der Waals surface area (Å²) in [7, 11) is -3.92. The molecule has 0 fully saturated rings. The van der Waals surface area contributed by atoms with E-state index in [0.29, 0.717) is 5.56 Å². The van der Waals surface area contributed by atoms with Gasteiger partial charge in [-0.15, -0.1) is 0 Å². The standard InChI is InChI=1S/C14H13FN2O3S/c1-9(18)10-2-4-11(5-3-10)17-21(19,20)12-6-7-14(16)13(15)8-12/h2-8,17H,16H2,1H3. The van der Waals surface area contributed by atoms with E-state index in [1.54, 1.807) is 0 Å². The summed E-state index contributed by atoms with van der Waals surface area (Å²) in [6, 6.07) is 9.17. The third-order valence-corrected chi connectivity index (χ3v) is 4.20. The van der Waals surface area contributed by atoms with Gasteiger partial charge >= 0.3 is 0 Å². The monoisotopic (exact) mass is 308 g/mol. The topological polar surface area (TPSA) is 89.3 Å². The fraction of sp³-hybridized carbons (Fsp3) is 0.0714. The largest absolute Gasteiger partial charge is 0.396 e. The van der Waals surface area contributed by atoms with E-state index >= 15 is 0 Å². The number of anilines is 2. The fourth-order valence-corrected chi connectivity index (χ4v) is 2.73. The van der Waals surface area contributed by atoms with Crippen LogP contribution in [0.4, 0.5) is 15.8 Å². The highest BCUT2D eigenvalue weighted by Gasteiger charge is 2.16. The molecule has 0 aromatic heterocycles. The van der Waals surface area contributed by atoms with Crippen LogP contribution in [0.15, 0.2) is 47.4 Å². The Morgan fingerprint density at radius 1 is 1.14 bits per heavy atom. The lowest BCUT2D eigenvalue weighted by Crippen LogP contribution is -2.13. The first-order chi connectivity index (χ1) is 9.79. The number of carbonyl (C=O) groups is 1. The molecular weight excluding hydrogens is 295 g/mol. The number of hydrogen-bond donors (Lipinski definition) is 2. The van der Waals surface area contributed by atoms with Crippen LogP contribution < -0.4 is 10.5 Å². The zero-order valence-corrected chi connectivity index (χ0v) is 11.9. The lowest BCUT2D eigenvalue weighted by Gasteiger charge is -2.09. The number of nitrogens with two attached hydrogens (primary N) is 1. The molecule has 2 aromatic rings. The Balaban J connectivity index is 2.28. The first-order valence-corrected chi connectivity index (χ1v) is 7.47. The van der Waals surface area contributed by atoms with Crippen molar-refractivity contribution in [2.45, 2.75) is 11.8 Å². The highest BCUT2D eigenvalue weighted by atomic mass is 32.2. The van der Waals surface area contributed by atoms with Crippen molar-refractivity contribution in [1.29, 1.82) is 0 Å². The minimum Gasteiger partial charge on any atom is -0.396 e. The van der Waals surface area contributed by atoms with E-state index in [-0.39, 0.29) is 22.1 Å². The number of carbonyl (C=O) groups excluding carboxylic acids is 1. The van der Waals surface area contributed by atoms with Gasteiger partial charge in [0.15, 0.2) is 5.78 Å². The molecule has 0 saturated heterocycles. The Bertz CT molecular complexity index is 786. The third kappa shape index (κ3) is 3.38. The van der Waals surface area contributed by atoms with Gasteiger partial charge in [0.1, 0.15) is 5.82 Å². The molecule has 2 aromatic carbocycles. The molecule has 0 bridgehead atoms. The number of ketones is 1. The van der Waals surface area contributed by atoms with Crippen molar-refractivity contribution >= 4 is 27.2 Å². The molecule has 0 heterocycles. The van der Waals surface area contributed by atoms with Gasteiger partial charge in [-0.25, -0.2) is 12.8 Å². The molecule has 0 aliphatic carbocycles. The van der Waals surface area contributed by atoms with Gasteiger partial charge in [-0.1, -0.05) is 0 Å². The molecular formula is C14H13FN2O3S. The van der Waals surface area contributed by atoms with Gasteiger partial charge in [0.2, 0.25) is 0 Å². The van der Waals surface area contributed by atoms with Crippen LogP contribution in [0, 0.1) is 5.82 Å². The van der Waals surface area contributed by atoms with Gasteiger partial charge in [-0.3, -0.25) is 9.52 Å². The number of rotatable bonds is 4. The average molecular weight is 308 g/mol. The molecule has 0 spiro atoms. The van der Waals surface area contributed by atoms with E-state index < -0.39 is 15.8 Å². The number of hydrogen-bond acceptors (Lipinski definition) is 4. The molecule has 110 valence electrons. The van der Waals surface area contributed by atoms with Gasteiger partial charge in [0.25, 0.3) is 10.0 Å². The van der Waals surface area contributed by atoms with Crippen LogP contribution in [0.2, 0.25) is 0 Å². The van der Waals surface area contributed by atoms with Gasteiger partial charge in [0.05, 0.1) is 10.6 Å². The van der Waals surface area contributed by atoms with Crippen molar-refractivity contribution < 1.29 is 17.6 Å². The maximum Gasteiger partial charge on any atom is 0.261 e. The van der Waals surface area contributed by atoms with E-state index in [1.165, 1.54) is 43.3 Å². The number of sulfonamides is 1. The Kier molecular flexibility index (Phi) is 3.95. The maximum atomic E-state index is 13.3. The molecule has 5 nitrogen and oxygen atoms in total. The third-order valence-electron chi connectivity index (χ3n) is 2.83. The van der Waals surface area contributed by atoms with Crippen molar-refractivity contribution in [3.63, 3.8) is 0 Å². The predicted octanol–water partition coefficient (Wildman–Crippen LogP) is 2.41. The summed E-state index contributed by atoms with van der Waals surface area (Å²) in [5, 5.41) is 0. The minimum atomic E-state index is -3.92. The Morgan fingerprint density at radius 2 is 1.76 bits per heavy atom. The summed E-state index contributed by atoms with van der Waals surface area (Å²) in [5.74, 6) is -0.921. The minimum absolute atomic E-state index is 0.120. The van der Waals surface area contributed by atoms with E-state index in [4.69, 9.17) is 5.73 Å². The summed E-state index contributed by atoms with van der Waals surface area (Å²) in [6.07, 6.45) is 0. The molecule has 0 amide bonds. The maximum absolute atomic E-state index is 13.3. The number of nitrogen functional groups attached to an aromatic ring is 1. The summed E-state index contributed by atoms with van der Waals surface area (Å²) in [6.45, 7) is 1.41. The molecule has 2 rings (SSSR count). The SMILES string of the molecule is CC(=O)c1ccc(NS(=O)(=O)c2ccc(N)c(F)c2)cc1. The van der Waals surface area contributed by atoms with Crippen LogP contribution in [0.3, 0.4) is 0 Å². The first kappa shape index (κ1) is 15.0. The van der Waals surface area contributed by atoms with Crippen LogP contribution in [0.5, 0.6) is 0 Å². The average Bonchev–Trinajstić information content (AvgIpc) is 2.42. The predicted molar refractivity (Wildman–Crippen MR) is 78.1 cm³/mol. The molecule has 3 N–H and O–H groups in total. The van der Waals surface area contributed by atoms with Crippen molar-refractivity contribution in [1.82, 2.24) is 0 Å². The second kappa shape index (κ2) is 5.53. The highest BCUT2D eigenvalue weighted by molar-refractivity contribution is 7.92. The van der Waals surface area contributed by atoms with Gasteiger partial charge in [-0.05, 0) is 49.4 Å². The van der Waals surface area contributed by atoms with E-state index in [0.717, 1.165) is 6.07 Å². The lowest BCUT2D eigenvalue weighted by molar-refractivity contribution is 0.101. The number of nitrogens with one attached hydrogen (secondary N) is 1. The number of Topliss-reactive ketones (excluding diaryl/α,β-unsaturated/α-hetero) is 1. The van der Waals surface area contributed by atoms with Gasteiger partial charge in [-0.2, -0.15) is 0 Å². The molecule has 0 radical (unpaired) electrons. The Hall–Kier alpha value is -2.41. The van der Waals surface area contributed by atoms with Crippen LogP contribution in [-0.4, -0.2) is 14.2 Å². The van der Waals surface area contributed by atoms with Crippen molar-refractivity contribution in [3.8, 4) is 0 Å². The summed E-state index contributed by atoms with van der Waals surface area (Å²) in [5.41, 5.74) is 5.93. The number of benzene rings is 2. The highest BCUT2D eigenvalue weighted by Crippen LogP contribution is 2.20. The Labute approximate surface area is 121 Å². The molecule has 0 saturated carbocycles. The molecule has 0 atom stereocenters. The second-order valence-electron chi connectivity index (χ2n) is 4.42. The second-order valence-corrected chi connectivity index (χ2v) is 6.10.